The fraction of sp³-hybridized carbons (Fsp3) is 0.584. The van der Waals surface area contributed by atoms with Gasteiger partial charge in [-0.1, -0.05) is 90.4 Å². The number of nitrogens with zero attached hydrogens (tertiary/aromatic N) is 1. The summed E-state index contributed by atoms with van der Waals surface area (Å²) in [6.45, 7) is 7.10. The molecule has 48 heteroatoms. The second-order valence-corrected chi connectivity index (χ2v) is 31.2. The number of amides is 16. The molecule has 2 aromatic rings. The smallest absolute Gasteiger partial charge is 0.326 e. The monoisotopic (exact) mass is 1800 g/mol. The highest BCUT2D eigenvalue weighted by atomic mass is 32.1. The number of carbonyl (C=O) groups is 18. The second-order valence-electron chi connectivity index (χ2n) is 30.4. The van der Waals surface area contributed by atoms with E-state index < -0.39 is 284 Å². The van der Waals surface area contributed by atoms with Crippen LogP contribution in [0.1, 0.15) is 124 Å². The van der Waals surface area contributed by atoms with Crippen LogP contribution in [0.4, 0.5) is 0 Å². The Balaban J connectivity index is 1.75. The van der Waals surface area contributed by atoms with Crippen molar-refractivity contribution in [2.75, 3.05) is 50.9 Å². The number of carboxylic acid groups (broad SMARTS) is 2. The molecule has 1 aliphatic heterocycles. The van der Waals surface area contributed by atoms with Crippen molar-refractivity contribution in [3.8, 4) is 5.75 Å². The van der Waals surface area contributed by atoms with Gasteiger partial charge < -0.3 is 138 Å². The summed E-state index contributed by atoms with van der Waals surface area (Å²) in [5.41, 5.74) is 23.5. The minimum Gasteiger partial charge on any atom is -0.508 e. The molecule has 16 amide bonds. The molecule has 125 heavy (non-hydrogen) atoms. The van der Waals surface area contributed by atoms with E-state index in [0.29, 0.717) is 17.5 Å². The number of primary amides is 1. The molecule has 3 rings (SSSR count). The number of nitrogens with two attached hydrogens (primary N) is 4. The Bertz CT molecular complexity index is 4080. The number of carboxylic acids is 2. The minimum atomic E-state index is -1.93. The molecular formula is C77H121N23O23S2. The molecule has 0 radical (unpaired) electrons. The Morgan fingerprint density at radius 1 is 0.464 bits per heavy atom. The number of aliphatic carboxylic acids is 2. The Morgan fingerprint density at radius 2 is 0.848 bits per heavy atom. The Kier molecular flexibility index (Phi) is 46.6. The van der Waals surface area contributed by atoms with Crippen LogP contribution in [0, 0.1) is 28.6 Å². The summed E-state index contributed by atoms with van der Waals surface area (Å²) in [6, 6.07) is -7.96. The number of aliphatic hydroxyl groups excluding tert-OH is 2. The zero-order valence-corrected chi connectivity index (χ0v) is 72.3. The van der Waals surface area contributed by atoms with Gasteiger partial charge in [-0.15, -0.1) is 0 Å². The van der Waals surface area contributed by atoms with E-state index >= 15 is 0 Å². The van der Waals surface area contributed by atoms with Gasteiger partial charge in [-0.05, 0) is 92.9 Å². The first-order chi connectivity index (χ1) is 58.9. The number of aromatic hydroxyl groups is 1. The summed E-state index contributed by atoms with van der Waals surface area (Å²) in [5, 5.41) is 104. The Morgan fingerprint density at radius 3 is 1.32 bits per heavy atom. The third-order valence-corrected chi connectivity index (χ3v) is 20.5. The van der Waals surface area contributed by atoms with Crippen molar-refractivity contribution in [3.63, 3.8) is 0 Å². The lowest BCUT2D eigenvalue weighted by molar-refractivity contribution is -0.142. The Labute approximate surface area is 732 Å². The number of benzene rings is 2. The van der Waals surface area contributed by atoms with Crippen molar-refractivity contribution in [2.24, 2.45) is 40.7 Å². The van der Waals surface area contributed by atoms with Gasteiger partial charge >= 0.3 is 11.9 Å². The SMILES string of the molecule is CC[C@H](C)[C@H](NC(=O)[C@H](CCCNC(=N)N)N1C(=O)[C@@H](N)CC1C)C(=O)N[C@H](C(=O)NC(CCC(N)=O)C(=O)N[C@@H](CS)C(=O)N[C@@H](CCCNC(=N)N)C(=O)N[C@@H](CO)C(=O)N[C@H](C(=O)N[C@@H](CCC(=O)O)C(=O)NCC(=O)N[C@@H](CO)C(=O)N[C@@H](CS)C(=O)NCC(=O)N[C@@H](Cc1ccccc1)C(=O)N[C@@H](Cc1ccc(O)cc1)C(=O)O)C(C)C)C(C)C. The van der Waals surface area contributed by atoms with Crippen LogP contribution in [0.2, 0.25) is 0 Å². The predicted molar refractivity (Wildman–Crippen MR) is 456 cm³/mol. The molecule has 0 saturated carbocycles. The van der Waals surface area contributed by atoms with Crippen LogP contribution in [-0.2, 0) is 99.1 Å². The topological polar surface area (TPSA) is 756 Å². The number of rotatable bonds is 56. The fourth-order valence-corrected chi connectivity index (χ4v) is 13.1. The number of thiol groups is 2. The van der Waals surface area contributed by atoms with Gasteiger partial charge in [0.05, 0.1) is 32.3 Å². The minimum absolute atomic E-state index is 0.0394. The maximum atomic E-state index is 14.4. The molecule has 694 valence electrons. The zero-order chi connectivity index (χ0) is 94.1. The molecule has 0 aliphatic carbocycles. The van der Waals surface area contributed by atoms with E-state index in [4.69, 9.17) is 33.8 Å². The number of hydrogen-bond acceptors (Lipinski definition) is 26. The van der Waals surface area contributed by atoms with Crippen LogP contribution in [0.3, 0.4) is 0 Å². The first-order valence-corrected chi connectivity index (χ1v) is 41.6. The third-order valence-electron chi connectivity index (χ3n) is 19.8. The van der Waals surface area contributed by atoms with Gasteiger partial charge in [0.1, 0.15) is 84.3 Å². The van der Waals surface area contributed by atoms with Gasteiger partial charge in [0, 0.05) is 56.3 Å². The lowest BCUT2D eigenvalue weighted by Gasteiger charge is -2.34. The lowest BCUT2D eigenvalue weighted by atomic mass is 9.95. The highest BCUT2D eigenvalue weighted by molar-refractivity contribution is 7.80. The molecule has 0 spiro atoms. The molecule has 31 N–H and O–H groups in total. The number of hydrogen-bond donors (Lipinski definition) is 29. The summed E-state index contributed by atoms with van der Waals surface area (Å²) < 4.78 is 0. The van der Waals surface area contributed by atoms with Crippen molar-refractivity contribution >= 4 is 144 Å². The largest absolute Gasteiger partial charge is 0.508 e. The van der Waals surface area contributed by atoms with Crippen molar-refractivity contribution in [3.05, 3.63) is 65.7 Å². The molecular weight excluding hydrogens is 1680 g/mol. The number of carbonyl (C=O) groups excluding carboxylic acids is 16. The number of aliphatic hydroxyl groups is 2. The number of guanidine groups is 2. The summed E-state index contributed by atoms with van der Waals surface area (Å²) in [7, 11) is 0. The number of nitrogens with one attached hydrogen (secondary N) is 18. The second kappa shape index (κ2) is 54.4. The first-order valence-electron chi connectivity index (χ1n) is 40.3. The van der Waals surface area contributed by atoms with Gasteiger partial charge in [-0.3, -0.25) is 92.3 Å². The first kappa shape index (κ1) is 107. The molecule has 0 bridgehead atoms. The van der Waals surface area contributed by atoms with Crippen molar-refractivity contribution in [1.82, 2.24) is 90.0 Å². The maximum absolute atomic E-state index is 14.4. The van der Waals surface area contributed by atoms with E-state index in [-0.39, 0.29) is 69.7 Å². The van der Waals surface area contributed by atoms with Crippen LogP contribution >= 0.6 is 25.3 Å². The average molecular weight is 1800 g/mol. The van der Waals surface area contributed by atoms with Crippen LogP contribution < -0.4 is 108 Å². The van der Waals surface area contributed by atoms with Crippen molar-refractivity contribution in [1.29, 1.82) is 10.8 Å². The molecule has 0 aromatic heterocycles. The van der Waals surface area contributed by atoms with E-state index in [1.807, 2.05) is 0 Å². The van der Waals surface area contributed by atoms with Crippen molar-refractivity contribution < 1.29 is 112 Å². The number of phenols is 1. The summed E-state index contributed by atoms with van der Waals surface area (Å²) in [6.07, 6.45) is -2.17. The molecule has 2 unspecified atom stereocenters. The average Bonchev–Trinajstić information content (AvgIpc) is 1.66. The number of likely N-dealkylation sites (tertiary alicyclic amines) is 1. The van der Waals surface area contributed by atoms with Gasteiger partial charge in [0.15, 0.2) is 11.9 Å². The lowest BCUT2D eigenvalue weighted by Crippen LogP contribution is -2.62. The quantitative estimate of drug-likeness (QED) is 0.0127. The van der Waals surface area contributed by atoms with E-state index in [9.17, 15) is 112 Å². The van der Waals surface area contributed by atoms with E-state index in [2.05, 4.69) is 110 Å². The van der Waals surface area contributed by atoms with Crippen LogP contribution in [-0.4, -0.2) is 290 Å². The van der Waals surface area contributed by atoms with Gasteiger partial charge in [0.25, 0.3) is 0 Å². The van der Waals surface area contributed by atoms with Crippen LogP contribution in [0.15, 0.2) is 54.6 Å². The molecule has 1 fully saturated rings. The standard InChI is InChI=1S/C77H121N23O23S2/c1-8-39(6)61(99-70(117)54(17-13-27-85-77(82)83)100-40(7)28-44(78)74(100)121)73(120)98-60(38(4)5)72(119)92-47(22-24-55(79)104)65(112)96-53(36-125)69(116)90-45(16-12-26-84-76(80)81)64(111)94-51(34-102)68(115)97-59(37(2)3)71(118)91-46(23-25-58(107)108)62(109)86-32-57(106)89-50(33-101)67(114)95-52(35-124)63(110)87-31-56(105)88-48(29-41-14-10-9-11-15-41)66(113)93-49(75(122)123)30-42-18-20-43(103)21-19-42/h9-11,14-15,18-21,37-40,44-54,59-61,101-103,124-125H,8,12-13,16-17,22-36,78H2,1-7H3,(H2,79,104)(H,86,109)(H,87,110)(H,88,105)(H,89,106)(H,90,116)(H,91,118)(H,92,119)(H,93,113)(H,94,111)(H,95,114)(H,96,112)(H,97,115)(H,98,120)(H,99,117)(H,107,108)(H,122,123)(H4,80,81,84)(H4,82,83,85)/t39-,40?,44-,45-,46-,47?,48-,49-,50-,51-,52-,53-,54-,59-,60-,61-/m0/s1. The molecule has 1 saturated heterocycles. The van der Waals surface area contributed by atoms with Crippen LogP contribution in [0.25, 0.3) is 0 Å². The maximum Gasteiger partial charge on any atom is 0.326 e. The third kappa shape index (κ3) is 37.4. The molecule has 16 atom stereocenters. The van der Waals surface area contributed by atoms with E-state index in [0.717, 1.165) is 0 Å². The summed E-state index contributed by atoms with van der Waals surface area (Å²) in [5.74, 6) is -22.9. The normalized spacial score (nSPS) is 16.3. The number of phenolic OH excluding ortho intramolecular Hbond substituents is 1. The highest BCUT2D eigenvalue weighted by Crippen LogP contribution is 2.25. The van der Waals surface area contributed by atoms with E-state index in [1.165, 1.54) is 43.0 Å². The predicted octanol–water partition coefficient (Wildman–Crippen LogP) is -8.51. The van der Waals surface area contributed by atoms with Crippen LogP contribution in [0.5, 0.6) is 5.75 Å². The molecule has 2 aromatic carbocycles. The summed E-state index contributed by atoms with van der Waals surface area (Å²) >= 11 is 8.34. The molecule has 1 aliphatic rings. The zero-order valence-electron chi connectivity index (χ0n) is 70.5. The highest BCUT2D eigenvalue weighted by Gasteiger charge is 2.44. The summed E-state index contributed by atoms with van der Waals surface area (Å²) in [4.78, 5) is 245. The Hall–Kier alpha value is -12.2. The van der Waals surface area contributed by atoms with Crippen molar-refractivity contribution in [2.45, 2.75) is 216 Å². The van der Waals surface area contributed by atoms with Gasteiger partial charge in [-0.25, -0.2) is 4.79 Å². The molecule has 46 nitrogen and oxygen atoms in total. The van der Waals surface area contributed by atoms with Gasteiger partial charge in [0.2, 0.25) is 94.5 Å². The van der Waals surface area contributed by atoms with E-state index in [1.54, 1.807) is 65.0 Å². The van der Waals surface area contributed by atoms with Gasteiger partial charge in [-0.2, -0.15) is 25.3 Å². The fourth-order valence-electron chi connectivity index (χ4n) is 12.6. The molecule has 1 heterocycles.